The van der Waals surface area contributed by atoms with E-state index in [0.29, 0.717) is 31.7 Å². The summed E-state index contributed by atoms with van der Waals surface area (Å²) < 4.78 is 113. The van der Waals surface area contributed by atoms with Gasteiger partial charge in [-0.2, -0.15) is 8.61 Å². The average molecular weight is 1170 g/mol. The number of hydrogen-bond donors (Lipinski definition) is 5. The third kappa shape index (κ3) is 20.6. The Morgan fingerprint density at radius 2 is 1.03 bits per heavy atom. The van der Waals surface area contributed by atoms with Crippen molar-refractivity contribution in [1.29, 1.82) is 0 Å². The lowest BCUT2D eigenvalue weighted by Crippen LogP contribution is -2.52. The van der Waals surface area contributed by atoms with E-state index >= 15 is 0 Å². The molecular formula is C50H68N6O18P2S2+2. The van der Waals surface area contributed by atoms with E-state index in [-0.39, 0.29) is 73.0 Å². The molecule has 426 valence electrons. The first-order chi connectivity index (χ1) is 37.0. The molecule has 78 heavy (non-hydrogen) atoms. The highest BCUT2D eigenvalue weighted by Gasteiger charge is 2.40. The molecule has 2 aliphatic heterocycles. The number of nitrogens with one attached hydrogen (secondary N) is 2. The van der Waals surface area contributed by atoms with Crippen LogP contribution in [0.1, 0.15) is 51.7 Å². The summed E-state index contributed by atoms with van der Waals surface area (Å²) in [5.41, 5.74) is 7.44. The highest BCUT2D eigenvalue weighted by atomic mass is 32.2. The van der Waals surface area contributed by atoms with Gasteiger partial charge in [0.2, 0.25) is 20.0 Å². The van der Waals surface area contributed by atoms with Crippen LogP contribution in [0, 0.1) is 22.0 Å². The van der Waals surface area contributed by atoms with Gasteiger partial charge in [0, 0.05) is 66.0 Å². The van der Waals surface area contributed by atoms with Crippen molar-refractivity contribution in [3.05, 3.63) is 130 Å². The van der Waals surface area contributed by atoms with E-state index in [1.54, 1.807) is 44.2 Å². The molecule has 0 aliphatic carbocycles. The Balaban J connectivity index is 0.000000288. The van der Waals surface area contributed by atoms with Crippen molar-refractivity contribution in [2.24, 2.45) is 11.8 Å². The van der Waals surface area contributed by atoms with E-state index in [2.05, 4.69) is 10.6 Å². The molecule has 0 bridgehead atoms. The highest BCUT2D eigenvalue weighted by molar-refractivity contribution is 7.89. The molecule has 2 aliphatic rings. The number of nitrogens with zero attached hydrogens (tertiary/aromatic N) is 3. The minimum absolute atomic E-state index is 0.00328. The van der Waals surface area contributed by atoms with Gasteiger partial charge in [-0.1, -0.05) is 88.4 Å². The number of carbonyl (C=O) groups excluding carboxylic acids is 2. The number of amides is 2. The van der Waals surface area contributed by atoms with Crippen molar-refractivity contribution in [3.8, 4) is 0 Å². The second kappa shape index (κ2) is 30.7. The first-order valence-electron chi connectivity index (χ1n) is 24.9. The standard InChI is InChI=1S/C25H32N3O10PS.C25H34N3O8PS/c1-18(2)15-27(40(34,35)22-10-8-20(9-11-22)28(30)31)16-24(38-39(32)33)23(14-19-6-4-3-5-7-19)26-25(29)37-21-12-13-36-17-21;1-18(2)15-28(38(32,33)22-10-8-20(26)9-11-22)16-24(36-37(30)31)23(14-19-6-4-3-5-7-19)27-25(29)35-21-12-13-34-17-21/h3-11,18,21,23-24H,12-17H2,1-2H3,(H-,26,29,32,33);3-11,18,21,23-24H,12-17,26H2,1-2H3,(H-,27,29,30,31)/p+2/t2*21?,23-,24?/m00/s1. The summed E-state index contributed by atoms with van der Waals surface area (Å²) in [5.74, 6) is -0.237. The Morgan fingerprint density at radius 3 is 1.35 bits per heavy atom. The molecule has 4 aromatic rings. The number of anilines is 1. The van der Waals surface area contributed by atoms with Crippen LogP contribution in [0.3, 0.4) is 0 Å². The number of rotatable bonds is 27. The molecule has 6 unspecified atom stereocenters. The highest BCUT2D eigenvalue weighted by Crippen LogP contribution is 2.29. The smallest absolute Gasteiger partial charge is 0.444 e. The number of alkyl carbamates (subject to hydrolysis) is 2. The number of nitrogen functional groups attached to an aromatic ring is 1. The first kappa shape index (κ1) is 63.2. The second-order valence-corrected chi connectivity index (χ2v) is 24.4. The van der Waals surface area contributed by atoms with E-state index in [4.69, 9.17) is 33.7 Å². The van der Waals surface area contributed by atoms with Gasteiger partial charge < -0.3 is 35.3 Å². The fraction of sp³-hybridized carbons (Fsp3) is 0.480. The molecule has 2 heterocycles. The quantitative estimate of drug-likeness (QED) is 0.0185. The molecule has 24 nitrogen and oxygen atoms in total. The minimum Gasteiger partial charge on any atom is -0.444 e. The van der Waals surface area contributed by atoms with E-state index < -0.39 is 96.7 Å². The Morgan fingerprint density at radius 1 is 0.654 bits per heavy atom. The van der Waals surface area contributed by atoms with E-state index in [1.165, 1.54) is 28.6 Å². The van der Waals surface area contributed by atoms with E-state index in [0.717, 1.165) is 39.7 Å². The Labute approximate surface area is 456 Å². The second-order valence-electron chi connectivity index (χ2n) is 19.2. The maximum Gasteiger partial charge on any atom is 0.695 e. The van der Waals surface area contributed by atoms with Crippen LogP contribution in [0.15, 0.2) is 119 Å². The monoisotopic (exact) mass is 1170 g/mol. The fourth-order valence-electron chi connectivity index (χ4n) is 8.31. The van der Waals surface area contributed by atoms with E-state index in [9.17, 15) is 55.5 Å². The van der Waals surface area contributed by atoms with Gasteiger partial charge in [-0.15, -0.1) is 18.8 Å². The fourth-order valence-corrected chi connectivity index (χ4v) is 12.4. The van der Waals surface area contributed by atoms with Crippen LogP contribution in [-0.4, -0.2) is 141 Å². The van der Waals surface area contributed by atoms with Crippen LogP contribution in [0.5, 0.6) is 0 Å². The molecule has 0 radical (unpaired) electrons. The molecule has 0 saturated carbocycles. The zero-order chi connectivity index (χ0) is 57.0. The molecule has 4 aromatic carbocycles. The summed E-state index contributed by atoms with van der Waals surface area (Å²) in [6.07, 6.45) is -3.45. The average Bonchev–Trinajstić information content (AvgIpc) is 4.10. The molecule has 8 atom stereocenters. The van der Waals surface area contributed by atoms with Gasteiger partial charge in [-0.3, -0.25) is 10.1 Å². The van der Waals surface area contributed by atoms with Crippen molar-refractivity contribution in [1.82, 2.24) is 19.2 Å². The normalized spacial score (nSPS) is 17.6. The van der Waals surface area contributed by atoms with Crippen LogP contribution < -0.4 is 16.4 Å². The van der Waals surface area contributed by atoms with Gasteiger partial charge >= 0.3 is 28.7 Å². The summed E-state index contributed by atoms with van der Waals surface area (Å²) in [4.78, 5) is 55.2. The van der Waals surface area contributed by atoms with Gasteiger partial charge in [-0.25, -0.2) is 26.4 Å². The number of hydrogen-bond acceptors (Lipinski definition) is 17. The number of nitro benzene ring substituents is 1. The van der Waals surface area contributed by atoms with Crippen LogP contribution in [-0.2, 0) is 70.0 Å². The van der Waals surface area contributed by atoms with Gasteiger partial charge in [0.15, 0.2) is 12.2 Å². The van der Waals surface area contributed by atoms with Crippen molar-refractivity contribution in [3.63, 3.8) is 0 Å². The lowest BCUT2D eigenvalue weighted by molar-refractivity contribution is -0.384. The van der Waals surface area contributed by atoms with Crippen molar-refractivity contribution < 1.29 is 78.3 Å². The zero-order valence-corrected chi connectivity index (χ0v) is 47.0. The zero-order valence-electron chi connectivity index (χ0n) is 43.6. The largest absolute Gasteiger partial charge is 0.695 e. The molecule has 0 aromatic heterocycles. The molecule has 28 heteroatoms. The van der Waals surface area contributed by atoms with Gasteiger partial charge in [0.25, 0.3) is 5.69 Å². The number of non-ortho nitro benzene ring substituents is 1. The molecule has 0 spiro atoms. The van der Waals surface area contributed by atoms with Crippen LogP contribution in [0.4, 0.5) is 21.0 Å². The number of benzene rings is 4. The number of nitro groups is 1. The molecule has 2 fully saturated rings. The topological polar surface area (TPSA) is 332 Å². The predicted molar refractivity (Wildman–Crippen MR) is 286 cm³/mol. The number of sulfonamides is 2. The van der Waals surface area contributed by atoms with Crippen LogP contribution in [0.2, 0.25) is 0 Å². The summed E-state index contributed by atoms with van der Waals surface area (Å²) in [6.45, 7) is 8.17. The summed E-state index contributed by atoms with van der Waals surface area (Å²) in [7, 11) is -14.6. The molecule has 2 amide bonds. The summed E-state index contributed by atoms with van der Waals surface area (Å²) >= 11 is 0. The Hall–Kier alpha value is -5.60. The van der Waals surface area contributed by atoms with Gasteiger partial charge in [0.1, 0.15) is 12.2 Å². The van der Waals surface area contributed by atoms with Crippen molar-refractivity contribution in [2.45, 2.75) is 99.7 Å². The molecule has 2 saturated heterocycles. The Kier molecular flexibility index (Phi) is 24.9. The van der Waals surface area contributed by atoms with Crippen LogP contribution in [0.25, 0.3) is 0 Å². The first-order valence-corrected chi connectivity index (χ1v) is 30.1. The van der Waals surface area contributed by atoms with Gasteiger partial charge in [0.05, 0.1) is 53.2 Å². The SMILES string of the molecule is CC(C)CN(CC(O[P+](=O)O)[C@H](Cc1ccccc1)NC(=O)OC1CCOC1)S(=O)(=O)c1ccc(N)cc1.CC(C)CN(CC(O[P+](=O)O)[C@H](Cc1ccccc1)NC(=O)OC1CCOC1)S(=O)(=O)c1ccc([N+](=O)[O-])cc1. The number of carbonyl (C=O) groups is 2. The summed E-state index contributed by atoms with van der Waals surface area (Å²) in [5, 5.41) is 16.5. The lowest BCUT2D eigenvalue weighted by Gasteiger charge is -2.30. The maximum atomic E-state index is 13.6. The third-order valence-electron chi connectivity index (χ3n) is 12.0. The lowest BCUT2D eigenvalue weighted by atomic mass is 10.0. The van der Waals surface area contributed by atoms with Crippen molar-refractivity contribution in [2.75, 3.05) is 58.3 Å². The predicted octanol–water partition coefficient (Wildman–Crippen LogP) is 6.48. The molecular weight excluding hydrogens is 1100 g/mol. The molecule has 6 N–H and O–H groups in total. The van der Waals surface area contributed by atoms with Gasteiger partial charge in [-0.05, 0) is 72.2 Å². The van der Waals surface area contributed by atoms with Crippen LogP contribution >= 0.6 is 16.5 Å². The summed E-state index contributed by atoms with van der Waals surface area (Å²) in [6, 6.07) is 26.4. The Bertz CT molecular complexity index is 2800. The maximum absolute atomic E-state index is 13.6. The molecule has 6 rings (SSSR count). The number of nitrogens with two attached hydrogens (primary N) is 1. The number of ether oxygens (including phenoxy) is 4. The minimum atomic E-state index is -4.23. The third-order valence-corrected chi connectivity index (χ3v) is 16.6. The van der Waals surface area contributed by atoms with E-state index in [1.807, 2.05) is 44.2 Å². The van der Waals surface area contributed by atoms with Crippen molar-refractivity contribution >= 4 is 60.1 Å².